The van der Waals surface area contributed by atoms with E-state index < -0.39 is 0 Å². The molecule has 1 N–H and O–H groups in total. The largest absolute Gasteiger partial charge is 0.316 e. The molecule has 0 unspecified atom stereocenters. The Labute approximate surface area is 105 Å². The van der Waals surface area contributed by atoms with Crippen molar-refractivity contribution < 1.29 is 0 Å². The SMILES string of the molecule is CCc1cc(CC2(CC(C)C)CNC2)n(C)n1. The molecule has 0 atom stereocenters. The molecular formula is C14H25N3. The van der Waals surface area contributed by atoms with Crippen LogP contribution in [0, 0.1) is 11.3 Å². The van der Waals surface area contributed by atoms with E-state index in [0.717, 1.165) is 25.4 Å². The first-order chi connectivity index (χ1) is 8.04. The van der Waals surface area contributed by atoms with Gasteiger partial charge in [-0.15, -0.1) is 0 Å². The quantitative estimate of drug-likeness (QED) is 0.847. The van der Waals surface area contributed by atoms with Crippen LogP contribution in [0.15, 0.2) is 6.07 Å². The van der Waals surface area contributed by atoms with Crippen LogP contribution in [0.3, 0.4) is 0 Å². The Balaban J connectivity index is 2.09. The molecule has 0 aliphatic carbocycles. The van der Waals surface area contributed by atoms with Gasteiger partial charge in [-0.3, -0.25) is 4.68 Å². The maximum Gasteiger partial charge on any atom is 0.0624 e. The molecule has 1 aliphatic rings. The fourth-order valence-electron chi connectivity index (χ4n) is 2.98. The maximum atomic E-state index is 4.55. The standard InChI is InChI=1S/C14H25N3/c1-5-12-6-13(17(4)16-12)8-14(7-11(2)3)9-15-10-14/h6,11,15H,5,7-10H2,1-4H3. The van der Waals surface area contributed by atoms with Crippen LogP contribution in [0.4, 0.5) is 0 Å². The first kappa shape index (κ1) is 12.6. The predicted molar refractivity (Wildman–Crippen MR) is 71.0 cm³/mol. The Morgan fingerprint density at radius 1 is 1.47 bits per heavy atom. The lowest BCUT2D eigenvalue weighted by atomic mass is 9.72. The van der Waals surface area contributed by atoms with E-state index in [1.807, 2.05) is 0 Å². The third kappa shape index (κ3) is 2.71. The van der Waals surface area contributed by atoms with Crippen LogP contribution in [0.5, 0.6) is 0 Å². The van der Waals surface area contributed by atoms with Crippen LogP contribution in [0.25, 0.3) is 0 Å². The molecule has 3 nitrogen and oxygen atoms in total. The summed E-state index contributed by atoms with van der Waals surface area (Å²) in [7, 11) is 2.07. The highest BCUT2D eigenvalue weighted by molar-refractivity contribution is 5.14. The summed E-state index contributed by atoms with van der Waals surface area (Å²) >= 11 is 0. The first-order valence-corrected chi connectivity index (χ1v) is 6.77. The van der Waals surface area contributed by atoms with Crippen molar-refractivity contribution >= 4 is 0 Å². The predicted octanol–water partition coefficient (Wildman–Crippen LogP) is 2.16. The number of nitrogens with zero attached hydrogens (tertiary/aromatic N) is 2. The summed E-state index contributed by atoms with van der Waals surface area (Å²) in [5.74, 6) is 0.774. The molecule has 1 saturated heterocycles. The lowest BCUT2D eigenvalue weighted by molar-refractivity contribution is 0.128. The first-order valence-electron chi connectivity index (χ1n) is 6.77. The Bertz CT molecular complexity index is 375. The van der Waals surface area contributed by atoms with Crippen molar-refractivity contribution in [2.45, 2.75) is 40.0 Å². The van der Waals surface area contributed by atoms with E-state index in [4.69, 9.17) is 0 Å². The number of aromatic nitrogens is 2. The van der Waals surface area contributed by atoms with Crippen molar-refractivity contribution in [1.29, 1.82) is 0 Å². The lowest BCUT2D eigenvalue weighted by Crippen LogP contribution is -2.55. The number of hydrogen-bond acceptors (Lipinski definition) is 2. The normalized spacial score (nSPS) is 18.4. The molecule has 96 valence electrons. The minimum atomic E-state index is 0.479. The molecule has 0 aromatic carbocycles. The van der Waals surface area contributed by atoms with Crippen LogP contribution >= 0.6 is 0 Å². The van der Waals surface area contributed by atoms with Crippen LogP contribution in [0.2, 0.25) is 0 Å². The van der Waals surface area contributed by atoms with Gasteiger partial charge in [-0.1, -0.05) is 20.8 Å². The third-order valence-corrected chi connectivity index (χ3v) is 3.79. The third-order valence-electron chi connectivity index (χ3n) is 3.79. The van der Waals surface area contributed by atoms with Crippen molar-refractivity contribution in [3.05, 3.63) is 17.5 Å². The molecule has 0 saturated carbocycles. The van der Waals surface area contributed by atoms with E-state index in [1.54, 1.807) is 0 Å². The van der Waals surface area contributed by atoms with E-state index >= 15 is 0 Å². The molecule has 0 radical (unpaired) electrons. The second-order valence-corrected chi connectivity index (χ2v) is 5.98. The molecule has 17 heavy (non-hydrogen) atoms. The molecule has 3 heteroatoms. The molecule has 0 amide bonds. The molecule has 0 spiro atoms. The summed E-state index contributed by atoms with van der Waals surface area (Å²) in [4.78, 5) is 0. The van der Waals surface area contributed by atoms with Crippen molar-refractivity contribution in [2.24, 2.45) is 18.4 Å². The van der Waals surface area contributed by atoms with Gasteiger partial charge in [0.05, 0.1) is 5.69 Å². The van der Waals surface area contributed by atoms with Crippen LogP contribution in [0.1, 0.15) is 38.6 Å². The highest BCUT2D eigenvalue weighted by Crippen LogP contribution is 2.34. The van der Waals surface area contributed by atoms with Gasteiger partial charge < -0.3 is 5.32 Å². The zero-order valence-electron chi connectivity index (χ0n) is 11.6. The zero-order valence-corrected chi connectivity index (χ0v) is 11.6. The molecule has 2 heterocycles. The molecule has 1 fully saturated rings. The van der Waals surface area contributed by atoms with Gasteiger partial charge in [0.15, 0.2) is 0 Å². The minimum absolute atomic E-state index is 0.479. The molecule has 0 bridgehead atoms. The Morgan fingerprint density at radius 3 is 2.59 bits per heavy atom. The molecule has 2 rings (SSSR count). The monoisotopic (exact) mass is 235 g/mol. The van der Waals surface area contributed by atoms with E-state index in [9.17, 15) is 0 Å². The average Bonchev–Trinajstić information content (AvgIpc) is 2.55. The summed E-state index contributed by atoms with van der Waals surface area (Å²) in [5, 5.41) is 7.99. The smallest absolute Gasteiger partial charge is 0.0624 e. The van der Waals surface area contributed by atoms with Gasteiger partial charge in [-0.05, 0) is 31.2 Å². The zero-order chi connectivity index (χ0) is 12.5. The molecular weight excluding hydrogens is 210 g/mol. The second-order valence-electron chi connectivity index (χ2n) is 5.98. The average molecular weight is 235 g/mol. The number of rotatable bonds is 5. The van der Waals surface area contributed by atoms with Gasteiger partial charge in [0.2, 0.25) is 0 Å². The van der Waals surface area contributed by atoms with Crippen molar-refractivity contribution in [3.8, 4) is 0 Å². The Morgan fingerprint density at radius 2 is 2.18 bits per heavy atom. The van der Waals surface area contributed by atoms with E-state index in [-0.39, 0.29) is 0 Å². The Hall–Kier alpha value is -0.830. The lowest BCUT2D eigenvalue weighted by Gasteiger charge is -2.44. The van der Waals surface area contributed by atoms with Gasteiger partial charge in [-0.25, -0.2) is 0 Å². The van der Waals surface area contributed by atoms with Gasteiger partial charge in [0, 0.05) is 31.2 Å². The summed E-state index contributed by atoms with van der Waals surface area (Å²) in [6.07, 6.45) is 3.51. The van der Waals surface area contributed by atoms with E-state index in [1.165, 1.54) is 24.2 Å². The highest BCUT2D eigenvalue weighted by atomic mass is 15.3. The summed E-state index contributed by atoms with van der Waals surface area (Å²) in [6.45, 7) is 9.14. The summed E-state index contributed by atoms with van der Waals surface area (Å²) < 4.78 is 2.07. The molecule has 1 aromatic heterocycles. The van der Waals surface area contributed by atoms with E-state index in [2.05, 4.69) is 49.0 Å². The van der Waals surface area contributed by atoms with Gasteiger partial charge in [-0.2, -0.15) is 5.10 Å². The van der Waals surface area contributed by atoms with Crippen molar-refractivity contribution in [1.82, 2.24) is 15.1 Å². The fourth-order valence-corrected chi connectivity index (χ4v) is 2.98. The number of hydrogen-bond donors (Lipinski definition) is 1. The molecule has 1 aromatic rings. The minimum Gasteiger partial charge on any atom is -0.316 e. The van der Waals surface area contributed by atoms with Crippen molar-refractivity contribution in [3.63, 3.8) is 0 Å². The van der Waals surface area contributed by atoms with Gasteiger partial charge in [0.1, 0.15) is 0 Å². The highest BCUT2D eigenvalue weighted by Gasteiger charge is 2.38. The van der Waals surface area contributed by atoms with Crippen molar-refractivity contribution in [2.75, 3.05) is 13.1 Å². The second kappa shape index (κ2) is 4.81. The summed E-state index contributed by atoms with van der Waals surface area (Å²) in [5.41, 5.74) is 3.09. The summed E-state index contributed by atoms with van der Waals surface area (Å²) in [6, 6.07) is 2.28. The maximum absolute atomic E-state index is 4.55. The fraction of sp³-hybridized carbons (Fsp3) is 0.786. The van der Waals surface area contributed by atoms with Gasteiger partial charge >= 0.3 is 0 Å². The number of nitrogens with one attached hydrogen (secondary N) is 1. The number of aryl methyl sites for hydroxylation is 2. The Kier molecular flexibility index (Phi) is 3.57. The van der Waals surface area contributed by atoms with Gasteiger partial charge in [0.25, 0.3) is 0 Å². The van der Waals surface area contributed by atoms with Crippen LogP contribution in [-0.2, 0) is 19.9 Å². The van der Waals surface area contributed by atoms with E-state index in [0.29, 0.717) is 5.41 Å². The van der Waals surface area contributed by atoms with Crippen LogP contribution in [-0.4, -0.2) is 22.9 Å². The van der Waals surface area contributed by atoms with Crippen LogP contribution < -0.4 is 5.32 Å². The molecule has 1 aliphatic heterocycles. The topological polar surface area (TPSA) is 29.9 Å².